The molecule has 0 unspecified atom stereocenters. The highest BCUT2D eigenvalue weighted by atomic mass is 19.4. The van der Waals surface area contributed by atoms with Crippen LogP contribution in [0.25, 0.3) is 0 Å². The molecule has 0 fully saturated rings. The number of alkyl halides is 3. The van der Waals surface area contributed by atoms with E-state index in [0.29, 0.717) is 5.56 Å². The van der Waals surface area contributed by atoms with E-state index >= 15 is 0 Å². The maximum Gasteiger partial charge on any atom is 0.573 e. The second-order valence-electron chi connectivity index (χ2n) is 5.20. The fraction of sp³-hybridized carbons (Fsp3) is 0.250. The van der Waals surface area contributed by atoms with Crippen LogP contribution in [-0.2, 0) is 11.2 Å². The van der Waals surface area contributed by atoms with Gasteiger partial charge in [-0.25, -0.2) is 0 Å². The number of anilines is 1. The highest BCUT2D eigenvalue weighted by Gasteiger charge is 2.31. The van der Waals surface area contributed by atoms with Crippen LogP contribution in [0.5, 0.6) is 5.75 Å². The summed E-state index contributed by atoms with van der Waals surface area (Å²) in [4.78, 5) is 24.6. The summed E-state index contributed by atoms with van der Waals surface area (Å²) in [7, 11) is 1.35. The number of rotatable bonds is 5. The Morgan fingerprint density at radius 2 is 2.00 bits per heavy atom. The minimum Gasteiger partial charge on any atom is -0.481 e. The minimum atomic E-state index is -4.85. The van der Waals surface area contributed by atoms with Gasteiger partial charge in [-0.1, -0.05) is 6.07 Å². The molecule has 0 aliphatic rings. The molecule has 0 saturated heterocycles. The zero-order chi connectivity index (χ0) is 18.8. The number of furan rings is 1. The predicted molar refractivity (Wildman–Crippen MR) is 80.6 cm³/mol. The van der Waals surface area contributed by atoms with Crippen LogP contribution in [0, 0.1) is 6.92 Å². The Labute approximate surface area is 140 Å². The maximum absolute atomic E-state index is 12.6. The number of nitrogens with zero attached hydrogens (tertiary/aromatic N) is 1. The molecule has 2 aromatic rings. The van der Waals surface area contributed by atoms with Crippen molar-refractivity contribution in [1.29, 1.82) is 0 Å². The number of carbonyl (C=O) groups excluding carboxylic acids is 1. The third kappa shape index (κ3) is 4.52. The van der Waals surface area contributed by atoms with Gasteiger partial charge < -0.3 is 19.2 Å². The molecule has 6 nitrogen and oxygen atoms in total. The highest BCUT2D eigenvalue weighted by molar-refractivity contribution is 6.07. The molecule has 134 valence electrons. The minimum absolute atomic E-state index is 0.0236. The second kappa shape index (κ2) is 6.88. The van der Waals surface area contributed by atoms with E-state index in [4.69, 9.17) is 9.52 Å². The van der Waals surface area contributed by atoms with Crippen LogP contribution in [0.3, 0.4) is 0 Å². The summed E-state index contributed by atoms with van der Waals surface area (Å²) >= 11 is 0. The van der Waals surface area contributed by atoms with E-state index in [2.05, 4.69) is 4.74 Å². The van der Waals surface area contributed by atoms with E-state index in [1.807, 2.05) is 0 Å². The fourth-order valence-corrected chi connectivity index (χ4v) is 2.23. The monoisotopic (exact) mass is 357 g/mol. The van der Waals surface area contributed by atoms with E-state index in [1.165, 1.54) is 25.4 Å². The van der Waals surface area contributed by atoms with E-state index < -0.39 is 30.4 Å². The molecular weight excluding hydrogens is 343 g/mol. The first-order chi connectivity index (χ1) is 11.6. The molecule has 0 radical (unpaired) electrons. The zero-order valence-corrected chi connectivity index (χ0v) is 13.3. The van der Waals surface area contributed by atoms with Crippen LogP contribution in [0.15, 0.2) is 34.9 Å². The lowest BCUT2D eigenvalue weighted by Crippen LogP contribution is -2.27. The van der Waals surface area contributed by atoms with Gasteiger partial charge in [-0.15, -0.1) is 13.2 Å². The third-order valence-corrected chi connectivity index (χ3v) is 3.32. The highest BCUT2D eigenvalue weighted by Crippen LogP contribution is 2.28. The lowest BCUT2D eigenvalue weighted by atomic mass is 10.1. The number of hydrogen-bond donors (Lipinski definition) is 1. The van der Waals surface area contributed by atoms with Crippen molar-refractivity contribution in [2.45, 2.75) is 19.7 Å². The molecule has 0 aliphatic carbocycles. The number of halogens is 3. The number of carbonyl (C=O) groups is 2. The van der Waals surface area contributed by atoms with Crippen molar-refractivity contribution in [1.82, 2.24) is 0 Å². The number of carboxylic acid groups (broad SMARTS) is 1. The molecule has 0 spiro atoms. The first-order valence-corrected chi connectivity index (χ1v) is 7.01. The van der Waals surface area contributed by atoms with Crippen LogP contribution in [0.2, 0.25) is 0 Å². The molecule has 0 aliphatic heterocycles. The van der Waals surface area contributed by atoms with Crippen molar-refractivity contribution in [2.24, 2.45) is 0 Å². The molecule has 1 aromatic carbocycles. The summed E-state index contributed by atoms with van der Waals surface area (Å²) in [6.45, 7) is 1.57. The van der Waals surface area contributed by atoms with Gasteiger partial charge in [0.05, 0.1) is 11.8 Å². The van der Waals surface area contributed by atoms with Crippen molar-refractivity contribution < 1.29 is 37.0 Å². The number of hydrogen-bond acceptors (Lipinski definition) is 4. The number of aryl methyl sites for hydroxylation is 1. The van der Waals surface area contributed by atoms with Gasteiger partial charge in [-0.05, 0) is 19.1 Å². The van der Waals surface area contributed by atoms with Crippen LogP contribution in [-0.4, -0.2) is 30.4 Å². The van der Waals surface area contributed by atoms with Gasteiger partial charge in [-0.3, -0.25) is 9.59 Å². The summed E-state index contributed by atoms with van der Waals surface area (Å²) in [5, 5.41) is 8.87. The Balaban J connectivity index is 2.31. The number of benzene rings is 1. The first-order valence-electron chi connectivity index (χ1n) is 7.01. The van der Waals surface area contributed by atoms with Gasteiger partial charge in [0.2, 0.25) is 0 Å². The Morgan fingerprint density at radius 3 is 2.60 bits per heavy atom. The average molecular weight is 357 g/mol. The fourth-order valence-electron chi connectivity index (χ4n) is 2.23. The van der Waals surface area contributed by atoms with Crippen LogP contribution >= 0.6 is 0 Å². The lowest BCUT2D eigenvalue weighted by Gasteiger charge is -2.19. The summed E-state index contributed by atoms with van der Waals surface area (Å²) in [5.74, 6) is -2.28. The van der Waals surface area contributed by atoms with Gasteiger partial charge in [0.15, 0.2) is 0 Å². The summed E-state index contributed by atoms with van der Waals surface area (Å²) in [5.41, 5.74) is 0.636. The third-order valence-electron chi connectivity index (χ3n) is 3.32. The van der Waals surface area contributed by atoms with Crippen LogP contribution < -0.4 is 9.64 Å². The zero-order valence-electron chi connectivity index (χ0n) is 13.3. The second-order valence-corrected chi connectivity index (χ2v) is 5.20. The Bertz CT molecular complexity index is 797. The van der Waals surface area contributed by atoms with Crippen molar-refractivity contribution in [3.8, 4) is 5.75 Å². The summed E-state index contributed by atoms with van der Waals surface area (Å²) < 4.78 is 45.9. The quantitative estimate of drug-likeness (QED) is 0.887. The van der Waals surface area contributed by atoms with Crippen molar-refractivity contribution in [3.05, 3.63) is 47.4 Å². The molecule has 1 N–H and O–H groups in total. The van der Waals surface area contributed by atoms with Crippen molar-refractivity contribution in [2.75, 3.05) is 11.9 Å². The predicted octanol–water partition coefficient (Wildman–Crippen LogP) is 3.39. The SMILES string of the molecule is Cc1coc(CC(=O)O)c1C(=O)N(C)c1cccc(OC(F)(F)F)c1. The van der Waals surface area contributed by atoms with E-state index in [1.54, 1.807) is 6.92 Å². The Morgan fingerprint density at radius 1 is 1.32 bits per heavy atom. The van der Waals surface area contributed by atoms with Crippen LogP contribution in [0.1, 0.15) is 21.7 Å². The molecule has 1 heterocycles. The number of carboxylic acids is 1. The largest absolute Gasteiger partial charge is 0.573 e. The lowest BCUT2D eigenvalue weighted by molar-refractivity contribution is -0.274. The van der Waals surface area contributed by atoms with Crippen molar-refractivity contribution in [3.63, 3.8) is 0 Å². The normalized spacial score (nSPS) is 11.2. The van der Waals surface area contributed by atoms with Gasteiger partial charge in [0.25, 0.3) is 5.91 Å². The smallest absolute Gasteiger partial charge is 0.481 e. The molecule has 2 rings (SSSR count). The number of amides is 1. The average Bonchev–Trinajstić information content (AvgIpc) is 2.84. The van der Waals surface area contributed by atoms with E-state index in [-0.39, 0.29) is 17.0 Å². The Hall–Kier alpha value is -2.97. The molecule has 0 bridgehead atoms. The van der Waals surface area contributed by atoms with E-state index in [0.717, 1.165) is 17.0 Å². The van der Waals surface area contributed by atoms with E-state index in [9.17, 15) is 22.8 Å². The molecule has 25 heavy (non-hydrogen) atoms. The van der Waals surface area contributed by atoms with Crippen molar-refractivity contribution >= 4 is 17.6 Å². The molecule has 1 aromatic heterocycles. The topological polar surface area (TPSA) is 80.0 Å². The van der Waals surface area contributed by atoms with Crippen LogP contribution in [0.4, 0.5) is 18.9 Å². The standard InChI is InChI=1S/C16H14F3NO5/c1-9-8-24-12(7-13(21)22)14(9)15(23)20(2)10-4-3-5-11(6-10)25-16(17,18)19/h3-6,8H,7H2,1-2H3,(H,21,22). The molecule has 0 atom stereocenters. The molecule has 0 saturated carbocycles. The Kier molecular flexibility index (Phi) is 5.05. The van der Waals surface area contributed by atoms with Gasteiger partial charge >= 0.3 is 12.3 Å². The van der Waals surface area contributed by atoms with Gasteiger partial charge in [0, 0.05) is 24.4 Å². The summed E-state index contributed by atoms with van der Waals surface area (Å²) in [6, 6.07) is 4.89. The summed E-state index contributed by atoms with van der Waals surface area (Å²) in [6.07, 6.45) is -4.08. The van der Waals surface area contributed by atoms with Gasteiger partial charge in [-0.2, -0.15) is 0 Å². The van der Waals surface area contributed by atoms with Gasteiger partial charge in [0.1, 0.15) is 17.9 Å². The molecular formula is C16H14F3NO5. The molecule has 9 heteroatoms. The number of aliphatic carboxylic acids is 1. The number of ether oxygens (including phenoxy) is 1. The first kappa shape index (κ1) is 18.4. The maximum atomic E-state index is 12.6. The molecule has 1 amide bonds.